The second-order valence-electron chi connectivity index (χ2n) is 4.84. The molecule has 2 atom stereocenters. The molecule has 7 nitrogen and oxygen atoms in total. The number of ether oxygens (including phenoxy) is 1. The number of phenols is 1. The summed E-state index contributed by atoms with van der Waals surface area (Å²) in [4.78, 5) is 46.6. The van der Waals surface area contributed by atoms with Crippen molar-refractivity contribution in [3.05, 3.63) is 29.8 Å². The smallest absolute Gasteiger partial charge is 0.354 e. The maximum absolute atomic E-state index is 12.0. The molecule has 7 heteroatoms. The van der Waals surface area contributed by atoms with Crippen molar-refractivity contribution in [2.75, 3.05) is 0 Å². The van der Waals surface area contributed by atoms with E-state index in [2.05, 4.69) is 4.74 Å². The predicted octanol–water partition coefficient (Wildman–Crippen LogP) is 0.475. The van der Waals surface area contributed by atoms with Crippen LogP contribution in [-0.4, -0.2) is 39.3 Å². The molecule has 0 amide bonds. The normalized spacial score (nSPS) is 14.5. The second kappa shape index (κ2) is 6.48. The summed E-state index contributed by atoms with van der Waals surface area (Å²) < 4.78 is 4.30. The first-order chi connectivity index (χ1) is 10.1. The van der Waals surface area contributed by atoms with E-state index in [1.165, 1.54) is 24.3 Å². The van der Waals surface area contributed by atoms with Crippen LogP contribution < -0.4 is 0 Å². The van der Waals surface area contributed by atoms with Gasteiger partial charge in [-0.2, -0.15) is 0 Å². The standard InChI is InChI=1S/C15H16O7/c1-8(16)13(11-4-6-12(19)7-5-11)15(21,9(2)17)14(20)22-10(3)18/h4-7,13,19,21H,1-3H3. The molecule has 0 bridgehead atoms. The lowest BCUT2D eigenvalue weighted by Gasteiger charge is -2.30. The van der Waals surface area contributed by atoms with E-state index in [0.29, 0.717) is 0 Å². The summed E-state index contributed by atoms with van der Waals surface area (Å²) in [7, 11) is 0. The van der Waals surface area contributed by atoms with Gasteiger partial charge in [-0.05, 0) is 31.5 Å². The molecule has 0 saturated carbocycles. The molecule has 0 heterocycles. The zero-order valence-electron chi connectivity index (χ0n) is 12.3. The van der Waals surface area contributed by atoms with Gasteiger partial charge in [-0.3, -0.25) is 14.4 Å². The third-order valence-corrected chi connectivity index (χ3v) is 3.14. The molecule has 118 valence electrons. The Morgan fingerprint density at radius 2 is 1.55 bits per heavy atom. The Hall–Kier alpha value is -2.54. The number of Topliss-reactive ketones (excluding diaryl/α,β-unsaturated/α-hetero) is 2. The molecule has 0 radical (unpaired) electrons. The molecular formula is C15H16O7. The van der Waals surface area contributed by atoms with Crippen molar-refractivity contribution in [2.45, 2.75) is 32.3 Å². The maximum atomic E-state index is 12.0. The fraction of sp³-hybridized carbons (Fsp3) is 0.333. The fourth-order valence-electron chi connectivity index (χ4n) is 2.11. The van der Waals surface area contributed by atoms with E-state index in [4.69, 9.17) is 0 Å². The van der Waals surface area contributed by atoms with E-state index >= 15 is 0 Å². The molecule has 0 aliphatic carbocycles. The van der Waals surface area contributed by atoms with Crippen molar-refractivity contribution >= 4 is 23.5 Å². The van der Waals surface area contributed by atoms with Crippen LogP contribution in [0.2, 0.25) is 0 Å². The molecule has 2 unspecified atom stereocenters. The topological polar surface area (TPSA) is 118 Å². The molecule has 0 aliphatic rings. The van der Waals surface area contributed by atoms with Crippen molar-refractivity contribution in [3.8, 4) is 5.75 Å². The minimum Gasteiger partial charge on any atom is -0.508 e. The number of ketones is 2. The highest BCUT2D eigenvalue weighted by molar-refractivity contribution is 6.13. The highest BCUT2D eigenvalue weighted by Crippen LogP contribution is 2.32. The molecule has 0 aromatic heterocycles. The van der Waals surface area contributed by atoms with Crippen LogP contribution >= 0.6 is 0 Å². The van der Waals surface area contributed by atoms with Crippen LogP contribution in [-0.2, 0) is 23.9 Å². The molecule has 0 saturated heterocycles. The van der Waals surface area contributed by atoms with Gasteiger partial charge in [0.05, 0.1) is 5.92 Å². The van der Waals surface area contributed by atoms with E-state index in [9.17, 15) is 29.4 Å². The molecule has 22 heavy (non-hydrogen) atoms. The third kappa shape index (κ3) is 3.37. The summed E-state index contributed by atoms with van der Waals surface area (Å²) in [5.41, 5.74) is -2.70. The van der Waals surface area contributed by atoms with E-state index in [1.807, 2.05) is 0 Å². The minimum atomic E-state index is -2.82. The number of carbonyl (C=O) groups excluding carboxylic acids is 4. The van der Waals surface area contributed by atoms with Gasteiger partial charge in [0.2, 0.25) is 5.60 Å². The number of rotatable bonds is 5. The Balaban J connectivity index is 3.43. The number of hydrogen-bond acceptors (Lipinski definition) is 7. The Bertz CT molecular complexity index is 617. The van der Waals surface area contributed by atoms with Crippen molar-refractivity contribution in [2.24, 2.45) is 0 Å². The molecular weight excluding hydrogens is 292 g/mol. The lowest BCUT2D eigenvalue weighted by Crippen LogP contribution is -2.54. The maximum Gasteiger partial charge on any atom is 0.354 e. The molecule has 1 aromatic carbocycles. The van der Waals surface area contributed by atoms with Gasteiger partial charge in [0.25, 0.3) is 0 Å². The van der Waals surface area contributed by atoms with Crippen LogP contribution in [0.1, 0.15) is 32.3 Å². The SMILES string of the molecule is CC(=O)OC(=O)C(O)(C(C)=O)C(C(C)=O)c1ccc(O)cc1. The van der Waals surface area contributed by atoms with Gasteiger partial charge in [0.1, 0.15) is 11.5 Å². The highest BCUT2D eigenvalue weighted by Gasteiger charge is 2.53. The van der Waals surface area contributed by atoms with Crippen molar-refractivity contribution in [1.82, 2.24) is 0 Å². The summed E-state index contributed by atoms with van der Waals surface area (Å²) in [6.45, 7) is 2.94. The van der Waals surface area contributed by atoms with Crippen molar-refractivity contribution < 1.29 is 34.1 Å². The first kappa shape index (κ1) is 17.5. The summed E-state index contributed by atoms with van der Waals surface area (Å²) >= 11 is 0. The van der Waals surface area contributed by atoms with Crippen LogP contribution in [0.5, 0.6) is 5.75 Å². The minimum absolute atomic E-state index is 0.0938. The van der Waals surface area contributed by atoms with Gasteiger partial charge in [-0.25, -0.2) is 4.79 Å². The van der Waals surface area contributed by atoms with Gasteiger partial charge >= 0.3 is 11.9 Å². The predicted molar refractivity (Wildman–Crippen MR) is 73.9 cm³/mol. The molecule has 0 fully saturated rings. The lowest BCUT2D eigenvalue weighted by atomic mass is 9.77. The Labute approximate surface area is 126 Å². The van der Waals surface area contributed by atoms with Gasteiger partial charge in [-0.15, -0.1) is 0 Å². The first-order valence-corrected chi connectivity index (χ1v) is 6.36. The molecule has 0 spiro atoms. The zero-order valence-corrected chi connectivity index (χ0v) is 12.3. The zero-order chi connectivity index (χ0) is 17.1. The molecule has 2 N–H and O–H groups in total. The lowest BCUT2D eigenvalue weighted by molar-refractivity contribution is -0.178. The molecule has 0 aliphatic heterocycles. The van der Waals surface area contributed by atoms with Crippen LogP contribution in [0, 0.1) is 0 Å². The Morgan fingerprint density at radius 1 is 1.05 bits per heavy atom. The molecule has 1 rings (SSSR count). The largest absolute Gasteiger partial charge is 0.508 e. The first-order valence-electron chi connectivity index (χ1n) is 6.36. The quantitative estimate of drug-likeness (QED) is 0.599. The van der Waals surface area contributed by atoms with Crippen LogP contribution in [0.4, 0.5) is 0 Å². The van der Waals surface area contributed by atoms with Gasteiger partial charge in [0, 0.05) is 6.92 Å². The molecule has 1 aromatic rings. The third-order valence-electron chi connectivity index (χ3n) is 3.14. The van der Waals surface area contributed by atoms with Gasteiger partial charge < -0.3 is 14.9 Å². The van der Waals surface area contributed by atoms with Crippen LogP contribution in [0.25, 0.3) is 0 Å². The van der Waals surface area contributed by atoms with Crippen LogP contribution in [0.15, 0.2) is 24.3 Å². The highest BCUT2D eigenvalue weighted by atomic mass is 16.6. The number of carbonyl (C=O) groups is 4. The van der Waals surface area contributed by atoms with E-state index in [-0.39, 0.29) is 11.3 Å². The monoisotopic (exact) mass is 308 g/mol. The number of aromatic hydroxyl groups is 1. The number of phenolic OH excluding ortho intramolecular Hbond substituents is 1. The summed E-state index contributed by atoms with van der Waals surface area (Å²) in [6, 6.07) is 5.05. The van der Waals surface area contributed by atoms with Crippen LogP contribution in [0.3, 0.4) is 0 Å². The van der Waals surface area contributed by atoms with E-state index in [1.54, 1.807) is 0 Å². The number of esters is 2. The Kier molecular flexibility index (Phi) is 5.16. The average Bonchev–Trinajstić information content (AvgIpc) is 2.39. The fourth-order valence-corrected chi connectivity index (χ4v) is 2.11. The number of hydrogen-bond donors (Lipinski definition) is 2. The van der Waals surface area contributed by atoms with Crippen molar-refractivity contribution in [3.63, 3.8) is 0 Å². The summed E-state index contributed by atoms with van der Waals surface area (Å²) in [6.07, 6.45) is 0. The average molecular weight is 308 g/mol. The van der Waals surface area contributed by atoms with Gasteiger partial charge in [-0.1, -0.05) is 12.1 Å². The second-order valence-corrected chi connectivity index (χ2v) is 4.84. The summed E-state index contributed by atoms with van der Waals surface area (Å²) in [5, 5.41) is 19.8. The summed E-state index contributed by atoms with van der Waals surface area (Å²) in [5.74, 6) is -5.89. The Morgan fingerprint density at radius 3 is 1.91 bits per heavy atom. The van der Waals surface area contributed by atoms with Crippen molar-refractivity contribution in [1.29, 1.82) is 0 Å². The van der Waals surface area contributed by atoms with E-state index < -0.39 is 35.0 Å². The van der Waals surface area contributed by atoms with E-state index in [0.717, 1.165) is 20.8 Å². The number of benzene rings is 1. The number of aliphatic hydroxyl groups is 1. The van der Waals surface area contributed by atoms with Gasteiger partial charge in [0.15, 0.2) is 5.78 Å².